The van der Waals surface area contributed by atoms with Crippen LogP contribution in [-0.4, -0.2) is 16.0 Å². The molecule has 0 unspecified atom stereocenters. The molecule has 21 heavy (non-hydrogen) atoms. The van der Waals surface area contributed by atoms with Crippen molar-refractivity contribution in [2.45, 2.75) is 6.54 Å². The highest BCUT2D eigenvalue weighted by molar-refractivity contribution is 9.10. The maximum absolute atomic E-state index is 12.0. The van der Waals surface area contributed by atoms with Crippen LogP contribution in [0.2, 0.25) is 0 Å². The normalized spacial score (nSPS) is 10.5. The fourth-order valence-electron chi connectivity index (χ4n) is 1.69. The summed E-state index contributed by atoms with van der Waals surface area (Å²) in [6, 6.07) is 11.0. The average Bonchev–Trinajstić information content (AvgIpc) is 3.16. The van der Waals surface area contributed by atoms with Gasteiger partial charge in [-0.25, -0.2) is 0 Å². The van der Waals surface area contributed by atoms with Crippen LogP contribution in [0.1, 0.15) is 16.2 Å². The molecule has 1 aromatic carbocycles. The van der Waals surface area contributed by atoms with Gasteiger partial charge in [0, 0.05) is 10.0 Å². The van der Waals surface area contributed by atoms with Crippen LogP contribution in [0.15, 0.2) is 50.8 Å². The third kappa shape index (κ3) is 3.37. The minimum atomic E-state index is -0.182. The van der Waals surface area contributed by atoms with Crippen LogP contribution in [0.25, 0.3) is 10.7 Å². The van der Waals surface area contributed by atoms with Gasteiger partial charge in [0.2, 0.25) is 11.7 Å². The number of nitrogens with one attached hydrogen (secondary N) is 1. The molecule has 5 nitrogen and oxygen atoms in total. The summed E-state index contributed by atoms with van der Waals surface area (Å²) in [4.78, 5) is 17.1. The van der Waals surface area contributed by atoms with Crippen molar-refractivity contribution in [3.8, 4) is 10.7 Å². The van der Waals surface area contributed by atoms with Crippen molar-refractivity contribution in [2.75, 3.05) is 0 Å². The Morgan fingerprint density at radius 1 is 1.29 bits per heavy atom. The topological polar surface area (TPSA) is 68.0 Å². The van der Waals surface area contributed by atoms with Gasteiger partial charge in [-0.3, -0.25) is 4.79 Å². The fourth-order valence-corrected chi connectivity index (χ4v) is 2.61. The third-order valence-corrected chi connectivity index (χ3v) is 4.11. The molecule has 0 aliphatic heterocycles. The predicted octanol–water partition coefficient (Wildman–Crippen LogP) is 3.49. The van der Waals surface area contributed by atoms with E-state index in [1.54, 1.807) is 12.1 Å². The van der Waals surface area contributed by atoms with Gasteiger partial charge in [-0.2, -0.15) is 4.98 Å². The standard InChI is InChI=1S/C14H10BrN3O2S/c15-10-5-3-9(4-6-10)14(19)16-8-12-17-13(18-20-12)11-2-1-7-21-11/h1-7H,8H2,(H,16,19). The highest BCUT2D eigenvalue weighted by Crippen LogP contribution is 2.21. The second kappa shape index (κ2) is 6.19. The van der Waals surface area contributed by atoms with Crippen molar-refractivity contribution >= 4 is 33.2 Å². The largest absolute Gasteiger partial charge is 0.343 e. The summed E-state index contributed by atoms with van der Waals surface area (Å²) in [7, 11) is 0. The number of thiophene rings is 1. The first-order chi connectivity index (χ1) is 10.2. The van der Waals surface area contributed by atoms with Gasteiger partial charge in [-0.1, -0.05) is 27.2 Å². The zero-order chi connectivity index (χ0) is 14.7. The Balaban J connectivity index is 1.62. The number of hydrogen-bond donors (Lipinski definition) is 1. The van der Waals surface area contributed by atoms with E-state index < -0.39 is 0 Å². The molecule has 0 bridgehead atoms. The first-order valence-corrected chi connectivity index (χ1v) is 7.80. The van der Waals surface area contributed by atoms with Gasteiger partial charge in [-0.15, -0.1) is 11.3 Å². The summed E-state index contributed by atoms with van der Waals surface area (Å²) in [5, 5.41) is 8.58. The van der Waals surface area contributed by atoms with Crippen molar-refractivity contribution in [3.63, 3.8) is 0 Å². The Morgan fingerprint density at radius 2 is 2.10 bits per heavy atom. The molecular weight excluding hydrogens is 354 g/mol. The number of benzene rings is 1. The van der Waals surface area contributed by atoms with Crippen molar-refractivity contribution < 1.29 is 9.32 Å². The number of rotatable bonds is 4. The number of hydrogen-bond acceptors (Lipinski definition) is 5. The van der Waals surface area contributed by atoms with Crippen LogP contribution >= 0.6 is 27.3 Å². The van der Waals surface area contributed by atoms with E-state index in [0.717, 1.165) is 9.35 Å². The highest BCUT2D eigenvalue weighted by atomic mass is 79.9. The van der Waals surface area contributed by atoms with Gasteiger partial charge >= 0.3 is 0 Å². The second-order valence-electron chi connectivity index (χ2n) is 4.18. The lowest BCUT2D eigenvalue weighted by Gasteiger charge is -2.02. The molecule has 7 heteroatoms. The van der Waals surface area contributed by atoms with E-state index in [9.17, 15) is 4.79 Å². The van der Waals surface area contributed by atoms with Crippen molar-refractivity contribution in [2.24, 2.45) is 0 Å². The SMILES string of the molecule is O=C(NCc1nc(-c2cccs2)no1)c1ccc(Br)cc1. The molecule has 106 valence electrons. The lowest BCUT2D eigenvalue weighted by Crippen LogP contribution is -2.22. The Labute approximate surface area is 133 Å². The molecular formula is C14H10BrN3O2S. The lowest BCUT2D eigenvalue weighted by atomic mass is 10.2. The molecule has 0 atom stereocenters. The van der Waals surface area contributed by atoms with E-state index >= 15 is 0 Å². The number of carbonyl (C=O) groups excluding carboxylic acids is 1. The van der Waals surface area contributed by atoms with Crippen molar-refractivity contribution in [1.82, 2.24) is 15.5 Å². The quantitative estimate of drug-likeness (QED) is 0.770. The average molecular weight is 364 g/mol. The van der Waals surface area contributed by atoms with E-state index in [1.807, 2.05) is 29.6 Å². The van der Waals surface area contributed by atoms with Crippen LogP contribution < -0.4 is 5.32 Å². The van der Waals surface area contributed by atoms with Crippen LogP contribution in [0.4, 0.5) is 0 Å². The molecule has 0 radical (unpaired) electrons. The number of nitrogens with zero attached hydrogens (tertiary/aromatic N) is 2. The lowest BCUT2D eigenvalue weighted by molar-refractivity contribution is 0.0946. The number of carbonyl (C=O) groups is 1. The maximum atomic E-state index is 12.0. The van der Waals surface area contributed by atoms with Crippen LogP contribution in [0.5, 0.6) is 0 Å². The van der Waals surface area contributed by atoms with Gasteiger partial charge in [0.25, 0.3) is 5.91 Å². The zero-order valence-electron chi connectivity index (χ0n) is 10.7. The minimum Gasteiger partial charge on any atom is -0.343 e. The van der Waals surface area contributed by atoms with Crippen LogP contribution in [0.3, 0.4) is 0 Å². The minimum absolute atomic E-state index is 0.182. The number of amides is 1. The molecule has 2 heterocycles. The van der Waals surface area contributed by atoms with E-state index in [0.29, 0.717) is 17.3 Å². The Hall–Kier alpha value is -1.99. The Bertz CT molecular complexity index is 738. The smallest absolute Gasteiger partial charge is 0.251 e. The van der Waals surface area contributed by atoms with E-state index in [1.165, 1.54) is 11.3 Å². The first-order valence-electron chi connectivity index (χ1n) is 6.12. The van der Waals surface area contributed by atoms with Crippen molar-refractivity contribution in [1.29, 1.82) is 0 Å². The summed E-state index contributed by atoms with van der Waals surface area (Å²) in [6.45, 7) is 0.202. The van der Waals surface area contributed by atoms with Gasteiger partial charge in [-0.05, 0) is 35.7 Å². The van der Waals surface area contributed by atoms with Crippen LogP contribution in [0, 0.1) is 0 Å². The number of halogens is 1. The molecule has 1 amide bonds. The van der Waals surface area contributed by atoms with Gasteiger partial charge in [0.15, 0.2) is 0 Å². The van der Waals surface area contributed by atoms with E-state index in [2.05, 4.69) is 31.4 Å². The summed E-state index contributed by atoms with van der Waals surface area (Å²) in [5.41, 5.74) is 0.580. The zero-order valence-corrected chi connectivity index (χ0v) is 13.1. The number of aromatic nitrogens is 2. The molecule has 0 aliphatic carbocycles. The summed E-state index contributed by atoms with van der Waals surface area (Å²) >= 11 is 4.86. The van der Waals surface area contributed by atoms with Crippen molar-refractivity contribution in [3.05, 3.63) is 57.7 Å². The Kier molecular flexibility index (Phi) is 4.12. The predicted molar refractivity (Wildman–Crippen MR) is 82.9 cm³/mol. The molecule has 2 aromatic heterocycles. The van der Waals surface area contributed by atoms with Gasteiger partial charge < -0.3 is 9.84 Å². The molecule has 0 fully saturated rings. The van der Waals surface area contributed by atoms with E-state index in [4.69, 9.17) is 4.52 Å². The summed E-state index contributed by atoms with van der Waals surface area (Å²) in [6.07, 6.45) is 0. The Morgan fingerprint density at radius 3 is 2.81 bits per heavy atom. The summed E-state index contributed by atoms with van der Waals surface area (Å²) in [5.74, 6) is 0.736. The van der Waals surface area contributed by atoms with Gasteiger partial charge in [0.05, 0.1) is 11.4 Å². The molecule has 3 aromatic rings. The van der Waals surface area contributed by atoms with Crippen LogP contribution in [-0.2, 0) is 6.54 Å². The molecule has 0 aliphatic rings. The fraction of sp³-hybridized carbons (Fsp3) is 0.0714. The molecule has 0 saturated heterocycles. The molecule has 3 rings (SSSR count). The maximum Gasteiger partial charge on any atom is 0.251 e. The summed E-state index contributed by atoms with van der Waals surface area (Å²) < 4.78 is 6.04. The second-order valence-corrected chi connectivity index (χ2v) is 6.04. The molecule has 0 saturated carbocycles. The molecule has 1 N–H and O–H groups in total. The van der Waals surface area contributed by atoms with E-state index in [-0.39, 0.29) is 12.5 Å². The third-order valence-electron chi connectivity index (χ3n) is 2.72. The highest BCUT2D eigenvalue weighted by Gasteiger charge is 2.11. The van der Waals surface area contributed by atoms with Gasteiger partial charge in [0.1, 0.15) is 0 Å². The first kappa shape index (κ1) is 14.0. The molecule has 0 spiro atoms. The monoisotopic (exact) mass is 363 g/mol.